The van der Waals surface area contributed by atoms with Crippen LogP contribution in [0.15, 0.2) is 30.5 Å². The van der Waals surface area contributed by atoms with Gasteiger partial charge in [0.25, 0.3) is 11.8 Å². The number of hydrogen-bond donors (Lipinski definition) is 4. The van der Waals surface area contributed by atoms with Gasteiger partial charge in [-0.05, 0) is 56.4 Å². The Hall–Kier alpha value is -3.89. The lowest BCUT2D eigenvalue weighted by molar-refractivity contribution is -0.127. The second-order valence-electron chi connectivity index (χ2n) is 8.88. The Morgan fingerprint density at radius 2 is 1.80 bits per heavy atom. The Morgan fingerprint density at radius 1 is 1.09 bits per heavy atom. The summed E-state index contributed by atoms with van der Waals surface area (Å²) in [7, 11) is 1.50. The molecule has 2 atom stereocenters. The number of benzene rings is 1. The highest BCUT2D eigenvalue weighted by Crippen LogP contribution is 2.27. The molecule has 0 spiro atoms. The van der Waals surface area contributed by atoms with Crippen LogP contribution in [0.1, 0.15) is 53.0 Å². The average Bonchev–Trinajstić information content (AvgIpc) is 3.30. The highest BCUT2D eigenvalue weighted by molar-refractivity contribution is 5.97. The first-order valence-corrected chi connectivity index (χ1v) is 11.7. The van der Waals surface area contributed by atoms with Gasteiger partial charge in [0.15, 0.2) is 0 Å². The van der Waals surface area contributed by atoms with Gasteiger partial charge >= 0.3 is 0 Å². The monoisotopic (exact) mass is 482 g/mol. The zero-order valence-electron chi connectivity index (χ0n) is 19.6. The molecule has 11 nitrogen and oxygen atoms in total. The van der Waals surface area contributed by atoms with E-state index in [1.54, 1.807) is 11.0 Å². The number of nitrogens with zero attached hydrogens (tertiary/aromatic N) is 3. The molecule has 2 fully saturated rings. The van der Waals surface area contributed by atoms with E-state index >= 15 is 0 Å². The smallest absolute Gasteiger partial charge is 0.270 e. The maximum absolute atomic E-state index is 13.0. The molecule has 0 bridgehead atoms. The summed E-state index contributed by atoms with van der Waals surface area (Å²) in [6, 6.07) is 5.67. The highest BCUT2D eigenvalue weighted by atomic mass is 16.5. The first-order chi connectivity index (χ1) is 16.9. The number of carbonyl (C=O) groups is 3. The number of aromatic nitrogens is 2. The molecule has 1 saturated heterocycles. The molecule has 11 heteroatoms. The van der Waals surface area contributed by atoms with E-state index in [9.17, 15) is 19.5 Å². The summed E-state index contributed by atoms with van der Waals surface area (Å²) < 4.78 is 5.15. The molecule has 3 amide bonds. The maximum Gasteiger partial charge on any atom is 0.270 e. The van der Waals surface area contributed by atoms with Gasteiger partial charge in [0, 0.05) is 37.3 Å². The summed E-state index contributed by atoms with van der Waals surface area (Å²) >= 11 is 0. The minimum absolute atomic E-state index is 0.0281. The normalized spacial score (nSPS) is 20.3. The van der Waals surface area contributed by atoms with Gasteiger partial charge in [0.05, 0.1) is 12.7 Å². The van der Waals surface area contributed by atoms with Gasteiger partial charge in [0.1, 0.15) is 17.2 Å². The molecule has 1 aromatic heterocycles. The summed E-state index contributed by atoms with van der Waals surface area (Å²) in [4.78, 5) is 47.8. The van der Waals surface area contributed by atoms with Crippen molar-refractivity contribution in [2.45, 2.75) is 44.2 Å². The van der Waals surface area contributed by atoms with Gasteiger partial charge in [-0.1, -0.05) is 0 Å². The Balaban J connectivity index is 1.30. The Bertz CT molecular complexity index is 1100. The van der Waals surface area contributed by atoms with E-state index in [1.807, 2.05) is 0 Å². The van der Waals surface area contributed by atoms with Gasteiger partial charge in [0.2, 0.25) is 11.9 Å². The van der Waals surface area contributed by atoms with E-state index in [4.69, 9.17) is 10.5 Å². The third kappa shape index (κ3) is 5.61. The van der Waals surface area contributed by atoms with Crippen LogP contribution >= 0.6 is 0 Å². The average molecular weight is 483 g/mol. The van der Waals surface area contributed by atoms with Crippen molar-refractivity contribution in [3.63, 3.8) is 0 Å². The number of methoxy groups -OCH3 is 1. The van der Waals surface area contributed by atoms with E-state index in [1.165, 1.54) is 31.5 Å². The molecule has 35 heavy (non-hydrogen) atoms. The molecule has 4 rings (SSSR count). The number of likely N-dealkylation sites (tertiary alicyclic amines) is 1. The lowest BCUT2D eigenvalue weighted by Gasteiger charge is -2.32. The number of nitrogens with two attached hydrogens (primary N) is 1. The second-order valence-corrected chi connectivity index (χ2v) is 8.88. The number of anilines is 1. The fourth-order valence-electron chi connectivity index (χ4n) is 4.68. The van der Waals surface area contributed by atoms with E-state index < -0.39 is 0 Å². The van der Waals surface area contributed by atoms with Crippen molar-refractivity contribution in [1.29, 1.82) is 0 Å². The predicted octanol–water partition coefficient (Wildman–Crippen LogP) is 1.09. The van der Waals surface area contributed by atoms with Crippen LogP contribution in [-0.4, -0.2) is 70.0 Å². The van der Waals surface area contributed by atoms with Crippen LogP contribution in [0.4, 0.5) is 5.95 Å². The number of piperidine rings is 1. The van der Waals surface area contributed by atoms with Crippen molar-refractivity contribution in [2.24, 2.45) is 5.92 Å². The lowest BCUT2D eigenvalue weighted by atomic mass is 9.94. The largest absolute Gasteiger partial charge is 0.507 e. The molecule has 0 radical (unpaired) electrons. The number of phenols is 1. The number of nitrogen functional groups attached to an aromatic ring is 1. The molecule has 1 aliphatic carbocycles. The number of ether oxygens (including phenoxy) is 1. The molecule has 1 aromatic carbocycles. The van der Waals surface area contributed by atoms with Crippen molar-refractivity contribution in [3.05, 3.63) is 41.7 Å². The van der Waals surface area contributed by atoms with E-state index in [0.29, 0.717) is 31.7 Å². The fourth-order valence-corrected chi connectivity index (χ4v) is 4.68. The summed E-state index contributed by atoms with van der Waals surface area (Å²) in [6.07, 6.45) is 4.89. The Kier molecular flexibility index (Phi) is 7.33. The molecule has 1 aliphatic heterocycles. The van der Waals surface area contributed by atoms with Crippen LogP contribution in [0, 0.1) is 5.92 Å². The number of amides is 3. The van der Waals surface area contributed by atoms with E-state index in [2.05, 4.69) is 20.6 Å². The number of nitrogens with one attached hydrogen (secondary N) is 2. The zero-order valence-corrected chi connectivity index (χ0v) is 19.6. The minimum Gasteiger partial charge on any atom is -0.507 e. The summed E-state index contributed by atoms with van der Waals surface area (Å²) in [5.41, 5.74) is 5.93. The third-order valence-corrected chi connectivity index (χ3v) is 6.65. The molecule has 1 saturated carbocycles. The van der Waals surface area contributed by atoms with Crippen LogP contribution in [0.3, 0.4) is 0 Å². The van der Waals surface area contributed by atoms with Crippen LogP contribution in [0.2, 0.25) is 0 Å². The predicted molar refractivity (Wildman–Crippen MR) is 127 cm³/mol. The minimum atomic E-state index is -0.349. The van der Waals surface area contributed by atoms with E-state index in [-0.39, 0.29) is 58.7 Å². The fraction of sp³-hybridized carbons (Fsp3) is 0.458. The molecule has 5 N–H and O–H groups in total. The maximum atomic E-state index is 13.0. The number of hydrogen-bond acceptors (Lipinski definition) is 8. The Labute approximate surface area is 203 Å². The molecule has 2 aromatic rings. The van der Waals surface area contributed by atoms with E-state index in [0.717, 1.165) is 19.3 Å². The number of phenolic OH excluding ortho intramolecular Hbond substituents is 1. The number of aromatic hydroxyl groups is 1. The first kappa shape index (κ1) is 24.2. The summed E-state index contributed by atoms with van der Waals surface area (Å²) in [6.45, 7) is 0.821. The van der Waals surface area contributed by atoms with Gasteiger partial charge in [-0.3, -0.25) is 14.4 Å². The second kappa shape index (κ2) is 10.6. The van der Waals surface area contributed by atoms with Gasteiger partial charge in [-0.25, -0.2) is 9.97 Å². The number of rotatable bonds is 6. The topological polar surface area (TPSA) is 160 Å². The quantitative estimate of drug-likeness (QED) is 0.476. The van der Waals surface area contributed by atoms with Gasteiger partial charge in [-0.15, -0.1) is 0 Å². The van der Waals surface area contributed by atoms with Crippen LogP contribution in [-0.2, 0) is 4.79 Å². The highest BCUT2D eigenvalue weighted by Gasteiger charge is 2.34. The third-order valence-electron chi connectivity index (χ3n) is 6.65. The first-order valence-electron chi connectivity index (χ1n) is 11.7. The summed E-state index contributed by atoms with van der Waals surface area (Å²) in [5.74, 6) is -0.519. The van der Waals surface area contributed by atoms with Crippen molar-refractivity contribution in [3.8, 4) is 11.5 Å². The van der Waals surface area contributed by atoms with Crippen LogP contribution in [0.25, 0.3) is 0 Å². The molecule has 2 aliphatic rings. The molecular formula is C24H30N6O5. The van der Waals surface area contributed by atoms with Crippen LogP contribution < -0.4 is 21.1 Å². The molecule has 2 heterocycles. The lowest BCUT2D eigenvalue weighted by Crippen LogP contribution is -2.51. The number of carbonyl (C=O) groups excluding carboxylic acids is 3. The standard InChI is InChI=1S/C24H30N6O5/c1-35-15-5-6-20(31)16(13-15)23(34)30-11-8-14(9-12-30)21(32)27-17-3-2-4-18(17)28-22(33)19-7-10-26-24(25)29-19/h5-7,10,13-14,17-18,31H,2-4,8-9,11-12H2,1H3,(H,27,32)(H,28,33)(H2,25,26,29)/t17?,18-/m1/s1. The zero-order chi connectivity index (χ0) is 24.9. The van der Waals surface area contributed by atoms with Crippen LogP contribution in [0.5, 0.6) is 11.5 Å². The SMILES string of the molecule is COc1ccc(O)c(C(=O)N2CCC(C(=O)NC3CCC[C@H]3NC(=O)c3ccnc(N)n3)CC2)c1. The van der Waals surface area contributed by atoms with Crippen molar-refractivity contribution in [1.82, 2.24) is 25.5 Å². The Morgan fingerprint density at radius 3 is 2.49 bits per heavy atom. The van der Waals surface area contributed by atoms with Gasteiger partial charge in [-0.2, -0.15) is 0 Å². The van der Waals surface area contributed by atoms with Crippen molar-refractivity contribution >= 4 is 23.7 Å². The van der Waals surface area contributed by atoms with Crippen molar-refractivity contribution < 1.29 is 24.2 Å². The summed E-state index contributed by atoms with van der Waals surface area (Å²) in [5, 5.41) is 16.1. The molecule has 186 valence electrons. The molecule has 1 unspecified atom stereocenters. The molecular weight excluding hydrogens is 452 g/mol. The van der Waals surface area contributed by atoms with Gasteiger partial charge < -0.3 is 31.1 Å². The van der Waals surface area contributed by atoms with Crippen molar-refractivity contribution in [2.75, 3.05) is 25.9 Å².